The lowest BCUT2D eigenvalue weighted by molar-refractivity contribution is 0.0422. The van der Waals surface area contributed by atoms with Gasteiger partial charge in [-0.05, 0) is 50.7 Å². The summed E-state index contributed by atoms with van der Waals surface area (Å²) in [6.07, 6.45) is 6.30. The molecule has 0 radical (unpaired) electrons. The third-order valence-corrected chi connectivity index (χ3v) is 5.27. The highest BCUT2D eigenvalue weighted by atomic mass is 35.5. The van der Waals surface area contributed by atoms with Crippen LogP contribution in [0.1, 0.15) is 85.9 Å². The van der Waals surface area contributed by atoms with Crippen molar-refractivity contribution in [3.63, 3.8) is 0 Å². The second kappa shape index (κ2) is 18.1. The summed E-state index contributed by atoms with van der Waals surface area (Å²) in [5, 5.41) is 0. The summed E-state index contributed by atoms with van der Waals surface area (Å²) in [5.74, 6) is -1.14. The first-order chi connectivity index (χ1) is 15.5. The Morgan fingerprint density at radius 3 is 1.50 bits per heavy atom. The topological polar surface area (TPSA) is 71.1 Å². The maximum absolute atomic E-state index is 12.4. The van der Waals surface area contributed by atoms with Crippen LogP contribution in [0.2, 0.25) is 0 Å². The van der Waals surface area contributed by atoms with Crippen molar-refractivity contribution < 1.29 is 28.5 Å². The number of carbonyl (C=O) groups excluding carboxylic acids is 2. The van der Waals surface area contributed by atoms with Crippen molar-refractivity contribution >= 4 is 35.1 Å². The number of hydrogen-bond donors (Lipinski definition) is 0. The predicted molar refractivity (Wildman–Crippen MR) is 126 cm³/mol. The number of alkyl halides is 2. The number of unbranched alkanes of at least 4 members (excludes halogenated alkanes) is 2. The number of halogens is 2. The summed E-state index contributed by atoms with van der Waals surface area (Å²) in [6.45, 7) is 5.79. The molecular formula is C24H36Cl2O6. The first-order valence-corrected chi connectivity index (χ1v) is 12.3. The van der Waals surface area contributed by atoms with Gasteiger partial charge in [-0.3, -0.25) is 0 Å². The van der Waals surface area contributed by atoms with E-state index in [9.17, 15) is 9.59 Å². The Labute approximate surface area is 201 Å². The molecule has 8 heteroatoms. The van der Waals surface area contributed by atoms with Gasteiger partial charge in [0, 0.05) is 13.2 Å². The van der Waals surface area contributed by atoms with Crippen LogP contribution in [0.5, 0.6) is 0 Å². The zero-order valence-electron chi connectivity index (χ0n) is 19.2. The van der Waals surface area contributed by atoms with Gasteiger partial charge in [0.2, 0.25) is 0 Å². The SMILES string of the molecule is CCCCOC(Cl)CCCOC(=O)c1ccccc1C(=O)OCCCC(Cl)OCCCC. The Morgan fingerprint density at radius 2 is 1.12 bits per heavy atom. The van der Waals surface area contributed by atoms with E-state index in [1.165, 1.54) is 0 Å². The molecule has 0 saturated carbocycles. The molecular weight excluding hydrogens is 455 g/mol. The average molecular weight is 491 g/mol. The number of carbonyl (C=O) groups is 2. The number of hydrogen-bond acceptors (Lipinski definition) is 6. The molecule has 0 aromatic heterocycles. The van der Waals surface area contributed by atoms with Crippen molar-refractivity contribution in [2.75, 3.05) is 26.4 Å². The highest BCUT2D eigenvalue weighted by Crippen LogP contribution is 2.15. The van der Waals surface area contributed by atoms with Gasteiger partial charge in [-0.25, -0.2) is 9.59 Å². The Morgan fingerprint density at radius 1 is 0.719 bits per heavy atom. The maximum atomic E-state index is 12.4. The quantitative estimate of drug-likeness (QED) is 0.136. The number of ether oxygens (including phenoxy) is 4. The molecule has 0 spiro atoms. The van der Waals surface area contributed by atoms with Crippen LogP contribution >= 0.6 is 23.2 Å². The third kappa shape index (κ3) is 12.6. The molecule has 1 rings (SSSR count). The molecule has 2 unspecified atom stereocenters. The van der Waals surface area contributed by atoms with E-state index in [1.807, 2.05) is 0 Å². The summed E-state index contributed by atoms with van der Waals surface area (Å²) < 4.78 is 21.5. The molecule has 0 bridgehead atoms. The molecule has 0 aliphatic carbocycles. The van der Waals surface area contributed by atoms with Crippen LogP contribution in [-0.2, 0) is 18.9 Å². The fraction of sp³-hybridized carbons (Fsp3) is 0.667. The van der Waals surface area contributed by atoms with Crippen molar-refractivity contribution in [2.45, 2.75) is 76.3 Å². The van der Waals surface area contributed by atoms with E-state index in [-0.39, 0.29) is 24.3 Å². The van der Waals surface area contributed by atoms with Gasteiger partial charge in [-0.15, -0.1) is 0 Å². The summed E-state index contributed by atoms with van der Waals surface area (Å²) >= 11 is 12.2. The molecule has 2 atom stereocenters. The van der Waals surface area contributed by atoms with Crippen LogP contribution in [0.4, 0.5) is 0 Å². The molecule has 0 amide bonds. The fourth-order valence-electron chi connectivity index (χ4n) is 2.69. The third-order valence-electron chi connectivity index (χ3n) is 4.58. The minimum atomic E-state index is -0.569. The van der Waals surface area contributed by atoms with Gasteiger partial charge in [0.1, 0.15) is 11.1 Å². The standard InChI is InChI=1S/C24H36Cl2O6/c1-3-5-15-29-21(25)13-9-17-31-23(27)19-11-7-8-12-20(19)24(28)32-18-10-14-22(26)30-16-6-4-2/h7-8,11-12,21-22H,3-6,9-10,13-18H2,1-2H3. The minimum Gasteiger partial charge on any atom is -0.462 e. The molecule has 182 valence electrons. The van der Waals surface area contributed by atoms with Crippen LogP contribution in [0.25, 0.3) is 0 Å². The van der Waals surface area contributed by atoms with Crippen LogP contribution in [0.3, 0.4) is 0 Å². The van der Waals surface area contributed by atoms with E-state index in [2.05, 4.69) is 13.8 Å². The molecule has 32 heavy (non-hydrogen) atoms. The predicted octanol–water partition coefficient (Wildman–Crippen LogP) is 6.32. The van der Waals surface area contributed by atoms with E-state index in [1.54, 1.807) is 24.3 Å². The van der Waals surface area contributed by atoms with Crippen molar-refractivity contribution in [1.82, 2.24) is 0 Å². The lowest BCUT2D eigenvalue weighted by Crippen LogP contribution is -2.16. The second-order valence-corrected chi connectivity index (χ2v) is 8.34. The molecule has 1 aromatic rings. The molecule has 6 nitrogen and oxygen atoms in total. The normalized spacial score (nSPS) is 12.9. The molecule has 0 aliphatic rings. The Bertz CT molecular complexity index is 600. The van der Waals surface area contributed by atoms with Crippen LogP contribution in [0.15, 0.2) is 24.3 Å². The molecule has 0 fully saturated rings. The van der Waals surface area contributed by atoms with Crippen molar-refractivity contribution in [2.24, 2.45) is 0 Å². The molecule has 0 heterocycles. The highest BCUT2D eigenvalue weighted by molar-refractivity contribution is 6.19. The zero-order valence-corrected chi connectivity index (χ0v) is 20.7. The summed E-state index contributed by atoms with van der Waals surface area (Å²) in [6, 6.07) is 6.45. The maximum Gasteiger partial charge on any atom is 0.339 e. The molecule has 0 N–H and O–H groups in total. The summed E-state index contributed by atoms with van der Waals surface area (Å²) in [7, 11) is 0. The monoisotopic (exact) mass is 490 g/mol. The van der Waals surface area contributed by atoms with Gasteiger partial charge in [0.05, 0.1) is 24.3 Å². The van der Waals surface area contributed by atoms with Gasteiger partial charge in [-0.1, -0.05) is 62.0 Å². The van der Waals surface area contributed by atoms with E-state index in [0.717, 1.165) is 25.7 Å². The van der Waals surface area contributed by atoms with Crippen molar-refractivity contribution in [3.8, 4) is 0 Å². The van der Waals surface area contributed by atoms with Crippen molar-refractivity contribution in [3.05, 3.63) is 35.4 Å². The molecule has 0 saturated heterocycles. The summed E-state index contributed by atoms with van der Waals surface area (Å²) in [4.78, 5) is 24.9. The molecule has 0 aliphatic heterocycles. The van der Waals surface area contributed by atoms with E-state index in [0.29, 0.717) is 38.9 Å². The fourth-order valence-corrected chi connectivity index (χ4v) is 3.18. The Balaban J connectivity index is 2.38. The van der Waals surface area contributed by atoms with Crippen molar-refractivity contribution in [1.29, 1.82) is 0 Å². The Kier molecular flexibility index (Phi) is 16.3. The average Bonchev–Trinajstić information content (AvgIpc) is 2.79. The van der Waals surface area contributed by atoms with Gasteiger partial charge in [-0.2, -0.15) is 0 Å². The zero-order chi connectivity index (χ0) is 23.6. The largest absolute Gasteiger partial charge is 0.462 e. The van der Waals surface area contributed by atoms with Gasteiger partial charge in [0.15, 0.2) is 0 Å². The number of benzene rings is 1. The van der Waals surface area contributed by atoms with Gasteiger partial charge >= 0.3 is 11.9 Å². The smallest absolute Gasteiger partial charge is 0.339 e. The number of rotatable bonds is 18. The highest BCUT2D eigenvalue weighted by Gasteiger charge is 2.19. The van der Waals surface area contributed by atoms with E-state index in [4.69, 9.17) is 42.1 Å². The Hall–Kier alpha value is -1.34. The number of esters is 2. The second-order valence-electron chi connectivity index (χ2n) is 7.37. The summed E-state index contributed by atoms with van der Waals surface area (Å²) in [5.41, 5.74) is -0.436. The van der Waals surface area contributed by atoms with E-state index < -0.39 is 23.1 Å². The van der Waals surface area contributed by atoms with E-state index >= 15 is 0 Å². The van der Waals surface area contributed by atoms with Crippen LogP contribution in [0, 0.1) is 0 Å². The van der Waals surface area contributed by atoms with Crippen LogP contribution < -0.4 is 0 Å². The lowest BCUT2D eigenvalue weighted by Gasteiger charge is -2.12. The molecule has 1 aromatic carbocycles. The van der Waals surface area contributed by atoms with Gasteiger partial charge < -0.3 is 18.9 Å². The minimum absolute atomic E-state index is 0.178. The van der Waals surface area contributed by atoms with Crippen LogP contribution in [-0.4, -0.2) is 49.5 Å². The first-order valence-electron chi connectivity index (χ1n) is 11.4. The van der Waals surface area contributed by atoms with Gasteiger partial charge in [0.25, 0.3) is 0 Å². The first kappa shape index (κ1) is 28.7. The lowest BCUT2D eigenvalue weighted by atomic mass is 10.1.